The molecule has 1 heterocycles. The Kier molecular flexibility index (Phi) is 8.48. The molecule has 0 unspecified atom stereocenters. The van der Waals surface area contributed by atoms with E-state index in [2.05, 4.69) is 10.6 Å². The van der Waals surface area contributed by atoms with Crippen LogP contribution >= 0.6 is 0 Å². The van der Waals surface area contributed by atoms with Crippen molar-refractivity contribution >= 4 is 21.8 Å². The number of ether oxygens (including phenoxy) is 3. The Balaban J connectivity index is 1.65. The van der Waals surface area contributed by atoms with E-state index in [0.29, 0.717) is 18.8 Å². The van der Waals surface area contributed by atoms with E-state index in [1.807, 2.05) is 31.2 Å². The van der Waals surface area contributed by atoms with Gasteiger partial charge < -0.3 is 24.8 Å². The lowest BCUT2D eigenvalue weighted by Crippen LogP contribution is -2.53. The fourth-order valence-electron chi connectivity index (χ4n) is 3.54. The minimum absolute atomic E-state index is 0.00273. The number of hydrogen-bond acceptors (Lipinski definition) is 7. The highest BCUT2D eigenvalue weighted by Crippen LogP contribution is 2.31. The highest BCUT2D eigenvalue weighted by Gasteiger charge is 2.35. The summed E-state index contributed by atoms with van der Waals surface area (Å²) in [4.78, 5) is 24.5. The number of methoxy groups -OCH3 is 2. The summed E-state index contributed by atoms with van der Waals surface area (Å²) in [5.41, 5.74) is 1.89. The quantitative estimate of drug-likeness (QED) is 0.532. The second-order valence-electron chi connectivity index (χ2n) is 7.63. The molecule has 11 heteroatoms. The smallest absolute Gasteiger partial charge is 0.309 e. The Morgan fingerprint density at radius 3 is 2.47 bits per heavy atom. The van der Waals surface area contributed by atoms with E-state index in [4.69, 9.17) is 14.2 Å². The Morgan fingerprint density at radius 1 is 1.06 bits per heavy atom. The zero-order valence-electron chi connectivity index (χ0n) is 19.4. The first kappa shape index (κ1) is 25.5. The van der Waals surface area contributed by atoms with Gasteiger partial charge in [0, 0.05) is 19.2 Å². The molecular formula is C23H29N3O7S. The van der Waals surface area contributed by atoms with Gasteiger partial charge in [0.15, 0.2) is 11.5 Å². The minimum Gasteiger partial charge on any atom is -0.493 e. The first-order valence-corrected chi connectivity index (χ1v) is 12.2. The summed E-state index contributed by atoms with van der Waals surface area (Å²) >= 11 is 0. The maximum absolute atomic E-state index is 13.3. The monoisotopic (exact) mass is 491 g/mol. The molecule has 1 atom stereocenters. The van der Waals surface area contributed by atoms with Crippen LogP contribution in [0.25, 0.3) is 0 Å². The lowest BCUT2D eigenvalue weighted by molar-refractivity contribution is -0.140. The van der Waals surface area contributed by atoms with Gasteiger partial charge in [-0.25, -0.2) is 8.42 Å². The third-order valence-corrected chi connectivity index (χ3v) is 7.34. The van der Waals surface area contributed by atoms with Gasteiger partial charge in [0.05, 0.1) is 32.3 Å². The zero-order chi connectivity index (χ0) is 24.7. The third-order valence-electron chi connectivity index (χ3n) is 5.46. The fourth-order valence-corrected chi connectivity index (χ4v) is 5.12. The van der Waals surface area contributed by atoms with Gasteiger partial charge in [-0.1, -0.05) is 24.3 Å². The number of carbonyl (C=O) groups excluding carboxylic acids is 2. The summed E-state index contributed by atoms with van der Waals surface area (Å²) in [6.45, 7) is 2.48. The van der Waals surface area contributed by atoms with E-state index in [9.17, 15) is 18.0 Å². The van der Waals surface area contributed by atoms with E-state index >= 15 is 0 Å². The zero-order valence-corrected chi connectivity index (χ0v) is 20.2. The van der Waals surface area contributed by atoms with Crippen LogP contribution in [0.2, 0.25) is 0 Å². The van der Waals surface area contributed by atoms with Crippen LogP contribution in [0.4, 0.5) is 0 Å². The molecule has 1 aliphatic rings. The number of rotatable bonds is 8. The average molecular weight is 492 g/mol. The molecule has 2 aromatic carbocycles. The molecule has 0 aromatic heterocycles. The Morgan fingerprint density at radius 2 is 1.76 bits per heavy atom. The van der Waals surface area contributed by atoms with Crippen LogP contribution in [-0.4, -0.2) is 64.7 Å². The minimum atomic E-state index is -3.97. The Bertz CT molecular complexity index is 1140. The van der Waals surface area contributed by atoms with Crippen molar-refractivity contribution in [3.8, 4) is 11.5 Å². The van der Waals surface area contributed by atoms with E-state index in [-0.39, 0.29) is 30.3 Å². The van der Waals surface area contributed by atoms with Crippen molar-refractivity contribution in [2.45, 2.75) is 31.0 Å². The van der Waals surface area contributed by atoms with Gasteiger partial charge in [0.2, 0.25) is 10.0 Å². The van der Waals surface area contributed by atoms with Gasteiger partial charge >= 0.3 is 11.8 Å². The van der Waals surface area contributed by atoms with E-state index < -0.39 is 28.1 Å². The van der Waals surface area contributed by atoms with Crippen LogP contribution in [0.5, 0.6) is 11.5 Å². The van der Waals surface area contributed by atoms with Crippen molar-refractivity contribution in [1.29, 1.82) is 0 Å². The normalized spacial score (nSPS) is 16.5. The van der Waals surface area contributed by atoms with Crippen molar-refractivity contribution < 1.29 is 32.2 Å². The second kappa shape index (κ2) is 11.3. The van der Waals surface area contributed by atoms with Gasteiger partial charge in [-0.3, -0.25) is 9.59 Å². The number of benzene rings is 2. The summed E-state index contributed by atoms with van der Waals surface area (Å²) in [6, 6.07) is 11.8. The number of nitrogens with one attached hydrogen (secondary N) is 2. The first-order chi connectivity index (χ1) is 16.3. The fraction of sp³-hybridized carbons (Fsp3) is 0.391. The van der Waals surface area contributed by atoms with Gasteiger partial charge in [-0.05, 0) is 36.6 Å². The van der Waals surface area contributed by atoms with Crippen LogP contribution in [0.15, 0.2) is 47.4 Å². The summed E-state index contributed by atoms with van der Waals surface area (Å²) in [5.74, 6) is -1.01. The Labute approximate surface area is 199 Å². The highest BCUT2D eigenvalue weighted by atomic mass is 32.2. The van der Waals surface area contributed by atoms with Crippen LogP contribution in [0.1, 0.15) is 17.5 Å². The topological polar surface area (TPSA) is 123 Å². The molecular weight excluding hydrogens is 462 g/mol. The summed E-state index contributed by atoms with van der Waals surface area (Å²) in [6.07, 6.45) is -0.464. The Hall–Kier alpha value is -3.15. The molecule has 184 valence electrons. The number of hydrogen-bond donors (Lipinski definition) is 2. The van der Waals surface area contributed by atoms with Crippen LogP contribution in [0.3, 0.4) is 0 Å². The summed E-state index contributed by atoms with van der Waals surface area (Å²) in [5, 5.41) is 5.04. The molecule has 10 nitrogen and oxygen atoms in total. The predicted molar refractivity (Wildman–Crippen MR) is 124 cm³/mol. The van der Waals surface area contributed by atoms with Crippen molar-refractivity contribution in [3.63, 3.8) is 0 Å². The van der Waals surface area contributed by atoms with Gasteiger partial charge in [0.25, 0.3) is 0 Å². The summed E-state index contributed by atoms with van der Waals surface area (Å²) < 4.78 is 43.8. The van der Waals surface area contributed by atoms with Crippen LogP contribution in [0, 0.1) is 6.92 Å². The molecule has 2 amide bonds. The summed E-state index contributed by atoms with van der Waals surface area (Å²) in [7, 11) is -1.09. The van der Waals surface area contributed by atoms with Crippen molar-refractivity contribution in [2.75, 3.05) is 33.9 Å². The lowest BCUT2D eigenvalue weighted by atomic mass is 10.1. The molecule has 0 saturated carbocycles. The lowest BCUT2D eigenvalue weighted by Gasteiger charge is -2.34. The van der Waals surface area contributed by atoms with Gasteiger partial charge in [-0.15, -0.1) is 0 Å². The highest BCUT2D eigenvalue weighted by molar-refractivity contribution is 7.89. The van der Waals surface area contributed by atoms with Crippen molar-refractivity contribution in [2.24, 2.45) is 0 Å². The molecule has 2 aromatic rings. The van der Waals surface area contributed by atoms with Crippen molar-refractivity contribution in [1.82, 2.24) is 14.9 Å². The number of amides is 2. The first-order valence-electron chi connectivity index (χ1n) is 10.7. The molecule has 0 radical (unpaired) electrons. The van der Waals surface area contributed by atoms with Gasteiger partial charge in [0.1, 0.15) is 6.23 Å². The van der Waals surface area contributed by atoms with E-state index in [0.717, 1.165) is 11.1 Å². The SMILES string of the molecule is COc1ccc(S(=O)(=O)N2CCCO[C@@H]2CNC(=O)C(=O)NCc2ccccc2C)cc1OC. The third kappa shape index (κ3) is 5.85. The van der Waals surface area contributed by atoms with E-state index in [1.165, 1.54) is 36.7 Å². The van der Waals surface area contributed by atoms with Crippen molar-refractivity contribution in [3.05, 3.63) is 53.6 Å². The molecule has 3 rings (SSSR count). The van der Waals surface area contributed by atoms with Crippen LogP contribution < -0.4 is 20.1 Å². The average Bonchev–Trinajstić information content (AvgIpc) is 2.86. The largest absolute Gasteiger partial charge is 0.493 e. The number of carbonyl (C=O) groups is 2. The van der Waals surface area contributed by atoms with Gasteiger partial charge in [-0.2, -0.15) is 4.31 Å². The molecule has 2 N–H and O–H groups in total. The second-order valence-corrected chi connectivity index (χ2v) is 9.52. The number of aryl methyl sites for hydroxylation is 1. The maximum atomic E-state index is 13.3. The molecule has 0 aliphatic carbocycles. The molecule has 1 saturated heterocycles. The molecule has 34 heavy (non-hydrogen) atoms. The maximum Gasteiger partial charge on any atom is 0.309 e. The number of nitrogens with zero attached hydrogens (tertiary/aromatic N) is 1. The van der Waals surface area contributed by atoms with Crippen LogP contribution in [-0.2, 0) is 30.9 Å². The molecule has 1 fully saturated rings. The standard InChI is InChI=1S/C23H29N3O7S/c1-16-7-4-5-8-17(16)14-24-22(27)23(28)25-15-21-26(11-6-12-33-21)34(29,30)18-9-10-19(31-2)20(13-18)32-3/h4-5,7-10,13,21H,6,11-12,14-15H2,1-3H3,(H,24,27)(H,25,28)/t21-/m1/s1. The predicted octanol–water partition coefficient (Wildman–Crippen LogP) is 1.18. The molecule has 1 aliphatic heterocycles. The number of sulfonamides is 1. The van der Waals surface area contributed by atoms with E-state index in [1.54, 1.807) is 0 Å². The molecule has 0 spiro atoms. The molecule has 0 bridgehead atoms.